The molecule has 1 atom stereocenters. The van der Waals surface area contributed by atoms with Crippen molar-refractivity contribution >= 4 is 29.2 Å². The van der Waals surface area contributed by atoms with Gasteiger partial charge in [0.25, 0.3) is 0 Å². The van der Waals surface area contributed by atoms with Crippen LogP contribution >= 0.6 is 0 Å². The van der Waals surface area contributed by atoms with Crippen LogP contribution in [0.2, 0.25) is 0 Å². The number of carboxylic acids is 1. The average molecular weight is 281 g/mol. The lowest BCUT2D eigenvalue weighted by atomic mass is 10.1. The van der Waals surface area contributed by atoms with Gasteiger partial charge in [0.2, 0.25) is 11.8 Å². The minimum atomic E-state index is -1.43. The van der Waals surface area contributed by atoms with Gasteiger partial charge in [-0.3, -0.25) is 14.9 Å². The molecule has 1 aromatic rings. The molecule has 1 saturated heterocycles. The van der Waals surface area contributed by atoms with E-state index >= 15 is 0 Å². The van der Waals surface area contributed by atoms with E-state index in [-0.39, 0.29) is 12.2 Å². The monoisotopic (exact) mass is 281 g/mol. The number of amides is 2. The van der Waals surface area contributed by atoms with Crippen LogP contribution in [0.25, 0.3) is 0 Å². The Labute approximate surface area is 113 Å². The van der Waals surface area contributed by atoms with Gasteiger partial charge in [-0.15, -0.1) is 0 Å². The SMILES string of the molecule is CC1C(=O)NC(=O)CN1c1ccc(F)c(N)c1C(=O)O. The Morgan fingerprint density at radius 2 is 2.15 bits per heavy atom. The van der Waals surface area contributed by atoms with Gasteiger partial charge >= 0.3 is 5.97 Å². The number of rotatable bonds is 2. The summed E-state index contributed by atoms with van der Waals surface area (Å²) in [5.74, 6) is -3.41. The number of nitrogen functional groups attached to an aromatic ring is 1. The van der Waals surface area contributed by atoms with Crippen LogP contribution in [0, 0.1) is 5.82 Å². The van der Waals surface area contributed by atoms with Gasteiger partial charge in [0.05, 0.1) is 17.9 Å². The lowest BCUT2D eigenvalue weighted by Crippen LogP contribution is -2.57. The van der Waals surface area contributed by atoms with Crippen molar-refractivity contribution in [2.24, 2.45) is 0 Å². The van der Waals surface area contributed by atoms with Crippen molar-refractivity contribution in [3.8, 4) is 0 Å². The molecule has 0 aromatic heterocycles. The average Bonchev–Trinajstić information content (AvgIpc) is 2.36. The van der Waals surface area contributed by atoms with Gasteiger partial charge in [0.1, 0.15) is 17.4 Å². The number of hydrogen-bond acceptors (Lipinski definition) is 5. The van der Waals surface area contributed by atoms with Crippen LogP contribution in [0.4, 0.5) is 15.8 Å². The van der Waals surface area contributed by atoms with Crippen LogP contribution in [0.1, 0.15) is 17.3 Å². The fourth-order valence-corrected chi connectivity index (χ4v) is 2.06. The number of carbonyl (C=O) groups is 3. The lowest BCUT2D eigenvalue weighted by molar-refractivity contribution is -0.132. The van der Waals surface area contributed by atoms with Gasteiger partial charge in [-0.2, -0.15) is 0 Å². The number of carbonyl (C=O) groups excluding carboxylic acids is 2. The molecule has 8 heteroatoms. The van der Waals surface area contributed by atoms with Gasteiger partial charge in [-0.25, -0.2) is 9.18 Å². The highest BCUT2D eigenvalue weighted by atomic mass is 19.1. The molecular formula is C12H12FN3O4. The van der Waals surface area contributed by atoms with Crippen LogP contribution in [-0.4, -0.2) is 35.5 Å². The topological polar surface area (TPSA) is 113 Å². The largest absolute Gasteiger partial charge is 0.478 e. The highest BCUT2D eigenvalue weighted by Gasteiger charge is 2.33. The van der Waals surface area contributed by atoms with Crippen LogP contribution in [-0.2, 0) is 9.59 Å². The first kappa shape index (κ1) is 13.8. The number of benzene rings is 1. The number of anilines is 2. The summed E-state index contributed by atoms with van der Waals surface area (Å²) in [5.41, 5.74) is 4.49. The minimum Gasteiger partial charge on any atom is -0.478 e. The predicted octanol–water partition coefficient (Wildman–Crippen LogP) is -0.0426. The lowest BCUT2D eigenvalue weighted by Gasteiger charge is -2.34. The molecule has 1 unspecified atom stereocenters. The third kappa shape index (κ3) is 2.15. The number of hydrogen-bond donors (Lipinski definition) is 3. The van der Waals surface area contributed by atoms with Gasteiger partial charge in [0.15, 0.2) is 0 Å². The Balaban J connectivity index is 2.57. The van der Waals surface area contributed by atoms with E-state index in [2.05, 4.69) is 5.32 Å². The maximum atomic E-state index is 13.4. The maximum absolute atomic E-state index is 13.4. The Bertz CT molecular complexity index is 617. The van der Waals surface area contributed by atoms with Crippen molar-refractivity contribution < 1.29 is 23.9 Å². The molecule has 4 N–H and O–H groups in total. The summed E-state index contributed by atoms with van der Waals surface area (Å²) in [4.78, 5) is 35.5. The van der Waals surface area contributed by atoms with E-state index in [1.807, 2.05) is 0 Å². The van der Waals surface area contributed by atoms with Gasteiger partial charge in [-0.1, -0.05) is 0 Å². The van der Waals surface area contributed by atoms with E-state index in [0.29, 0.717) is 0 Å². The molecule has 1 aliphatic rings. The van der Waals surface area contributed by atoms with Crippen molar-refractivity contribution in [2.75, 3.05) is 17.2 Å². The number of nitrogens with two attached hydrogens (primary N) is 1. The van der Waals surface area contributed by atoms with Gasteiger partial charge in [0, 0.05) is 0 Å². The van der Waals surface area contributed by atoms with E-state index < -0.39 is 40.9 Å². The highest BCUT2D eigenvalue weighted by Crippen LogP contribution is 2.30. The molecule has 0 aliphatic carbocycles. The molecule has 1 aliphatic heterocycles. The molecule has 1 heterocycles. The zero-order valence-corrected chi connectivity index (χ0v) is 10.5. The molecule has 106 valence electrons. The van der Waals surface area contributed by atoms with Crippen molar-refractivity contribution in [3.63, 3.8) is 0 Å². The Morgan fingerprint density at radius 1 is 1.50 bits per heavy atom. The first-order valence-corrected chi connectivity index (χ1v) is 5.74. The molecule has 1 aromatic carbocycles. The standard InChI is InChI=1S/C12H12FN3O4/c1-5-11(18)15-8(17)4-16(5)7-3-2-6(13)10(14)9(7)12(19)20/h2-3,5H,4,14H2,1H3,(H,19,20)(H,15,17,18). The van der Waals surface area contributed by atoms with Crippen LogP contribution in [0.15, 0.2) is 12.1 Å². The quantitative estimate of drug-likeness (QED) is 0.518. The van der Waals surface area contributed by atoms with Crippen molar-refractivity contribution in [1.29, 1.82) is 0 Å². The fraction of sp³-hybridized carbons (Fsp3) is 0.250. The van der Waals surface area contributed by atoms with Crippen molar-refractivity contribution in [3.05, 3.63) is 23.5 Å². The first-order chi connectivity index (χ1) is 9.32. The summed E-state index contributed by atoms with van der Waals surface area (Å²) in [5, 5.41) is 11.3. The van der Waals surface area contributed by atoms with Crippen LogP contribution in [0.3, 0.4) is 0 Å². The number of aromatic carboxylic acids is 1. The third-order valence-corrected chi connectivity index (χ3v) is 3.12. The van der Waals surface area contributed by atoms with E-state index in [1.54, 1.807) is 0 Å². The molecule has 0 spiro atoms. The second-order valence-corrected chi connectivity index (χ2v) is 4.38. The van der Waals surface area contributed by atoms with Crippen molar-refractivity contribution in [1.82, 2.24) is 5.32 Å². The Hall–Kier alpha value is -2.64. The fourth-order valence-electron chi connectivity index (χ4n) is 2.06. The van der Waals surface area contributed by atoms with E-state index in [4.69, 9.17) is 10.8 Å². The molecular weight excluding hydrogens is 269 g/mol. The van der Waals surface area contributed by atoms with Crippen LogP contribution in [0.5, 0.6) is 0 Å². The zero-order chi connectivity index (χ0) is 15.0. The van der Waals surface area contributed by atoms with Gasteiger partial charge in [-0.05, 0) is 19.1 Å². The second-order valence-electron chi connectivity index (χ2n) is 4.38. The number of carboxylic acid groups (broad SMARTS) is 1. The van der Waals surface area contributed by atoms with Gasteiger partial charge < -0.3 is 15.7 Å². The van der Waals surface area contributed by atoms with Crippen LogP contribution < -0.4 is 16.0 Å². The van der Waals surface area contributed by atoms with Crippen molar-refractivity contribution in [2.45, 2.75) is 13.0 Å². The highest BCUT2D eigenvalue weighted by molar-refractivity contribution is 6.07. The van der Waals surface area contributed by atoms with E-state index in [9.17, 15) is 18.8 Å². The molecule has 7 nitrogen and oxygen atoms in total. The number of imide groups is 1. The number of nitrogens with zero attached hydrogens (tertiary/aromatic N) is 1. The molecule has 2 rings (SSSR count). The Kier molecular flexibility index (Phi) is 3.31. The summed E-state index contributed by atoms with van der Waals surface area (Å²) in [6.07, 6.45) is 0. The summed E-state index contributed by atoms with van der Waals surface area (Å²) in [6.45, 7) is 1.30. The van der Waals surface area contributed by atoms with E-state index in [1.165, 1.54) is 17.9 Å². The third-order valence-electron chi connectivity index (χ3n) is 3.12. The summed E-state index contributed by atoms with van der Waals surface area (Å²) in [6, 6.07) is 1.42. The summed E-state index contributed by atoms with van der Waals surface area (Å²) >= 11 is 0. The molecule has 0 bridgehead atoms. The smallest absolute Gasteiger partial charge is 0.340 e. The normalized spacial score (nSPS) is 18.9. The predicted molar refractivity (Wildman–Crippen MR) is 67.7 cm³/mol. The zero-order valence-electron chi connectivity index (χ0n) is 10.5. The molecule has 20 heavy (non-hydrogen) atoms. The maximum Gasteiger partial charge on any atom is 0.340 e. The summed E-state index contributed by atoms with van der Waals surface area (Å²) in [7, 11) is 0. The van der Waals surface area contributed by atoms with E-state index in [0.717, 1.165) is 6.07 Å². The molecule has 0 saturated carbocycles. The summed E-state index contributed by atoms with van der Waals surface area (Å²) < 4.78 is 13.4. The molecule has 2 amide bonds. The molecule has 0 radical (unpaired) electrons. The first-order valence-electron chi connectivity index (χ1n) is 5.74. The number of piperazine rings is 1. The second kappa shape index (κ2) is 4.80. The molecule has 1 fully saturated rings. The number of halogens is 1. The number of nitrogens with one attached hydrogen (secondary N) is 1. The minimum absolute atomic E-state index is 0.0344. The Morgan fingerprint density at radius 3 is 2.75 bits per heavy atom.